The van der Waals surface area contributed by atoms with Gasteiger partial charge in [0.2, 0.25) is 0 Å². The molecule has 1 aliphatic rings. The molecule has 0 saturated carbocycles. The molecule has 1 N–H and O–H groups in total. The summed E-state index contributed by atoms with van der Waals surface area (Å²) < 4.78 is 25.2. The summed E-state index contributed by atoms with van der Waals surface area (Å²) in [6.45, 7) is 1.42. The van der Waals surface area contributed by atoms with Gasteiger partial charge in [0.25, 0.3) is 17.1 Å². The second-order valence-electron chi connectivity index (χ2n) is 8.08. The van der Waals surface area contributed by atoms with Crippen LogP contribution in [0.3, 0.4) is 0 Å². The maximum Gasteiger partial charge on any atom is 0.293 e. The first-order valence-corrected chi connectivity index (χ1v) is 12.3. The molecule has 1 heterocycles. The lowest BCUT2D eigenvalue weighted by atomic mass is 10.1. The topological polar surface area (TPSA) is 84.9 Å². The van der Waals surface area contributed by atoms with Crippen LogP contribution in [0.15, 0.2) is 65.6 Å². The molecule has 37 heavy (non-hydrogen) atoms. The molecule has 1 fully saturated rings. The molecule has 190 valence electrons. The van der Waals surface area contributed by atoms with Crippen molar-refractivity contribution in [2.24, 2.45) is 0 Å². The van der Waals surface area contributed by atoms with Crippen molar-refractivity contribution in [2.45, 2.75) is 13.5 Å². The van der Waals surface area contributed by atoms with E-state index >= 15 is 0 Å². The normalized spacial score (nSPS) is 14.3. The van der Waals surface area contributed by atoms with Gasteiger partial charge in [0, 0.05) is 16.3 Å². The van der Waals surface area contributed by atoms with E-state index in [0.29, 0.717) is 22.7 Å². The third kappa shape index (κ3) is 6.31. The Bertz CT molecular complexity index is 1390. The zero-order valence-corrected chi connectivity index (χ0v) is 21.5. The number of rotatable bonds is 8. The molecular formula is C27H22ClFN2O5S. The van der Waals surface area contributed by atoms with Crippen molar-refractivity contribution in [3.8, 4) is 11.5 Å². The molecule has 10 heteroatoms. The van der Waals surface area contributed by atoms with Gasteiger partial charge in [-0.3, -0.25) is 19.3 Å². The van der Waals surface area contributed by atoms with E-state index in [-0.39, 0.29) is 34.6 Å². The fourth-order valence-corrected chi connectivity index (χ4v) is 4.65. The first-order chi connectivity index (χ1) is 17.7. The minimum Gasteiger partial charge on any atom is -0.493 e. The predicted molar refractivity (Wildman–Crippen MR) is 141 cm³/mol. The van der Waals surface area contributed by atoms with E-state index in [9.17, 15) is 18.8 Å². The highest BCUT2D eigenvalue weighted by Crippen LogP contribution is 2.36. The molecule has 7 nitrogen and oxygen atoms in total. The van der Waals surface area contributed by atoms with E-state index < -0.39 is 17.0 Å². The predicted octanol–water partition coefficient (Wildman–Crippen LogP) is 6.05. The number of hydrogen-bond donors (Lipinski definition) is 1. The van der Waals surface area contributed by atoms with E-state index in [0.717, 1.165) is 22.2 Å². The molecule has 1 saturated heterocycles. The number of benzene rings is 3. The Balaban J connectivity index is 1.44. The number of aryl methyl sites for hydroxylation is 1. The van der Waals surface area contributed by atoms with Gasteiger partial charge in [0.05, 0.1) is 18.6 Å². The summed E-state index contributed by atoms with van der Waals surface area (Å²) in [6, 6.07) is 16.5. The largest absolute Gasteiger partial charge is 0.493 e. The number of carbonyl (C=O) groups excluding carboxylic acids is 3. The summed E-state index contributed by atoms with van der Waals surface area (Å²) in [5.41, 5.74) is 2.33. The first-order valence-electron chi connectivity index (χ1n) is 11.1. The van der Waals surface area contributed by atoms with Crippen molar-refractivity contribution < 1.29 is 28.2 Å². The molecule has 0 radical (unpaired) electrons. The fourth-order valence-electron chi connectivity index (χ4n) is 3.59. The summed E-state index contributed by atoms with van der Waals surface area (Å²) in [5.74, 6) is -0.805. The van der Waals surface area contributed by atoms with Gasteiger partial charge in [0.15, 0.2) is 18.1 Å². The van der Waals surface area contributed by atoms with E-state index in [4.69, 9.17) is 21.1 Å². The molecule has 0 unspecified atom stereocenters. The quantitative estimate of drug-likeness (QED) is 0.350. The van der Waals surface area contributed by atoms with Crippen molar-refractivity contribution in [2.75, 3.05) is 19.0 Å². The highest BCUT2D eigenvalue weighted by Gasteiger charge is 2.36. The van der Waals surface area contributed by atoms with E-state index in [1.807, 2.05) is 25.1 Å². The summed E-state index contributed by atoms with van der Waals surface area (Å²) in [4.78, 5) is 38.7. The standard InChI is InChI=1S/C27H22ClFN2O5S/c1-16-5-3-6-18(11-16)30-25(32)15-36-22-10-9-17(12-23(22)35-2)13-24-26(33)31(27(34)37-24)14-19-20(28)7-4-8-21(19)29/h3-13H,14-15H2,1-2H3,(H,30,32)/b24-13+. The molecule has 0 aromatic heterocycles. The van der Waals surface area contributed by atoms with Gasteiger partial charge >= 0.3 is 0 Å². The monoisotopic (exact) mass is 540 g/mol. The van der Waals surface area contributed by atoms with Crippen molar-refractivity contribution in [3.63, 3.8) is 0 Å². The second kappa shape index (κ2) is 11.5. The van der Waals surface area contributed by atoms with Crippen LogP contribution in [-0.4, -0.2) is 35.7 Å². The van der Waals surface area contributed by atoms with Gasteiger partial charge in [0.1, 0.15) is 5.82 Å². The van der Waals surface area contributed by atoms with E-state index in [2.05, 4.69) is 5.32 Å². The van der Waals surface area contributed by atoms with E-state index in [1.54, 1.807) is 24.3 Å². The average Bonchev–Trinajstić information content (AvgIpc) is 3.12. The van der Waals surface area contributed by atoms with Crippen LogP contribution < -0.4 is 14.8 Å². The number of halogens is 2. The number of imide groups is 1. The van der Waals surface area contributed by atoms with Crippen LogP contribution in [0.4, 0.5) is 14.9 Å². The van der Waals surface area contributed by atoms with Crippen molar-refractivity contribution in [1.82, 2.24) is 4.90 Å². The number of amides is 3. The molecule has 1 aliphatic heterocycles. The Labute approximate surface area is 222 Å². The number of carbonyl (C=O) groups is 3. The molecule has 4 rings (SSSR count). The van der Waals surface area contributed by atoms with Crippen molar-refractivity contribution in [3.05, 3.63) is 93.1 Å². The summed E-state index contributed by atoms with van der Waals surface area (Å²) >= 11 is 6.80. The minimum absolute atomic E-state index is 0.0716. The number of ether oxygens (including phenoxy) is 2. The number of nitrogens with zero attached hydrogens (tertiary/aromatic N) is 1. The van der Waals surface area contributed by atoms with Crippen LogP contribution in [0.5, 0.6) is 11.5 Å². The average molecular weight is 541 g/mol. The van der Waals surface area contributed by atoms with Crippen LogP contribution in [0.1, 0.15) is 16.7 Å². The first kappa shape index (κ1) is 26.2. The number of hydrogen-bond acceptors (Lipinski definition) is 6. The highest BCUT2D eigenvalue weighted by molar-refractivity contribution is 8.18. The van der Waals surface area contributed by atoms with Gasteiger partial charge in [-0.25, -0.2) is 4.39 Å². The maximum absolute atomic E-state index is 14.2. The lowest BCUT2D eigenvalue weighted by molar-refractivity contribution is -0.123. The third-order valence-corrected chi connectivity index (χ3v) is 6.66. The number of nitrogens with one attached hydrogen (secondary N) is 1. The van der Waals surface area contributed by atoms with Gasteiger partial charge in [-0.1, -0.05) is 35.9 Å². The van der Waals surface area contributed by atoms with Crippen LogP contribution >= 0.6 is 23.4 Å². The molecular weight excluding hydrogens is 519 g/mol. The fraction of sp³-hybridized carbons (Fsp3) is 0.148. The van der Waals surface area contributed by atoms with E-state index in [1.165, 1.54) is 31.4 Å². The van der Waals surface area contributed by atoms with Crippen molar-refractivity contribution in [1.29, 1.82) is 0 Å². The van der Waals surface area contributed by atoms with Gasteiger partial charge in [-0.15, -0.1) is 0 Å². The molecule has 3 amide bonds. The Kier molecular flexibility index (Phi) is 8.15. The molecule has 0 bridgehead atoms. The number of anilines is 1. The minimum atomic E-state index is -0.594. The smallest absolute Gasteiger partial charge is 0.293 e. The second-order valence-corrected chi connectivity index (χ2v) is 9.49. The highest BCUT2D eigenvalue weighted by atomic mass is 35.5. The maximum atomic E-state index is 14.2. The zero-order valence-electron chi connectivity index (χ0n) is 19.9. The molecule has 0 aliphatic carbocycles. The van der Waals surface area contributed by atoms with Crippen LogP contribution in [-0.2, 0) is 16.1 Å². The zero-order chi connectivity index (χ0) is 26.5. The van der Waals surface area contributed by atoms with Crippen LogP contribution in [0.2, 0.25) is 5.02 Å². The molecule has 0 atom stereocenters. The SMILES string of the molecule is COc1cc(/C=C2/SC(=O)N(Cc3c(F)cccc3Cl)C2=O)ccc1OCC(=O)Nc1cccc(C)c1. The summed E-state index contributed by atoms with van der Waals surface area (Å²) in [7, 11) is 1.45. The lowest BCUT2D eigenvalue weighted by Crippen LogP contribution is -2.28. The Morgan fingerprint density at radius 2 is 1.89 bits per heavy atom. The van der Waals surface area contributed by atoms with Gasteiger partial charge < -0.3 is 14.8 Å². The third-order valence-electron chi connectivity index (χ3n) is 5.40. The summed E-state index contributed by atoms with van der Waals surface area (Å²) in [5, 5.41) is 2.37. The Morgan fingerprint density at radius 1 is 1.11 bits per heavy atom. The van der Waals surface area contributed by atoms with Crippen LogP contribution in [0, 0.1) is 12.7 Å². The van der Waals surface area contributed by atoms with Crippen molar-refractivity contribution >= 4 is 52.2 Å². The number of thioether (sulfide) groups is 1. The molecule has 3 aromatic rings. The van der Waals surface area contributed by atoms with Gasteiger partial charge in [-0.05, 0) is 72.3 Å². The number of methoxy groups -OCH3 is 1. The lowest BCUT2D eigenvalue weighted by Gasteiger charge is -2.14. The van der Waals surface area contributed by atoms with Crippen LogP contribution in [0.25, 0.3) is 6.08 Å². The molecule has 3 aromatic carbocycles. The Hall–Kier alpha value is -3.82. The molecule has 0 spiro atoms. The van der Waals surface area contributed by atoms with Gasteiger partial charge in [-0.2, -0.15) is 0 Å². The Morgan fingerprint density at radius 3 is 2.62 bits per heavy atom. The summed E-state index contributed by atoms with van der Waals surface area (Å²) in [6.07, 6.45) is 1.53.